The number of hydrogen-bond donors (Lipinski definition) is 1. The Bertz CT molecular complexity index is 1030. The molecule has 1 aromatic carbocycles. The van der Waals surface area contributed by atoms with E-state index in [1.807, 2.05) is 0 Å². The van der Waals surface area contributed by atoms with Crippen molar-refractivity contribution in [1.82, 2.24) is 15.3 Å². The Balaban J connectivity index is 1.74. The molecule has 0 saturated heterocycles. The van der Waals surface area contributed by atoms with E-state index < -0.39 is 17.7 Å². The zero-order chi connectivity index (χ0) is 24.0. The SMILES string of the molecule is CCOC(=O)CN1C(=O)CCc2c(Oc3cc(CNC(=O)OC(C)(C)C)ncn3)cccc21. The Labute approximate surface area is 192 Å². The molecular formula is C23H28N4O6. The third-order valence-corrected chi connectivity index (χ3v) is 4.61. The van der Waals surface area contributed by atoms with Crippen molar-refractivity contribution in [2.24, 2.45) is 0 Å². The summed E-state index contributed by atoms with van der Waals surface area (Å²) in [5, 5.41) is 2.64. The lowest BCUT2D eigenvalue weighted by atomic mass is 10.00. The first-order valence-electron chi connectivity index (χ1n) is 10.7. The number of aromatic nitrogens is 2. The second kappa shape index (κ2) is 10.3. The third-order valence-electron chi connectivity index (χ3n) is 4.61. The van der Waals surface area contributed by atoms with E-state index in [0.717, 1.165) is 5.56 Å². The highest BCUT2D eigenvalue weighted by atomic mass is 16.6. The zero-order valence-corrected chi connectivity index (χ0v) is 19.2. The first-order valence-corrected chi connectivity index (χ1v) is 10.7. The largest absolute Gasteiger partial charge is 0.465 e. The Morgan fingerprint density at radius 1 is 1.18 bits per heavy atom. The molecule has 0 spiro atoms. The van der Waals surface area contributed by atoms with Crippen molar-refractivity contribution in [3.05, 3.63) is 41.9 Å². The quantitative estimate of drug-likeness (QED) is 0.631. The number of ether oxygens (including phenoxy) is 3. The van der Waals surface area contributed by atoms with Crippen LogP contribution in [0.3, 0.4) is 0 Å². The number of nitrogens with one attached hydrogen (secondary N) is 1. The molecule has 0 saturated carbocycles. The normalized spacial score (nSPS) is 13.2. The maximum Gasteiger partial charge on any atom is 0.407 e. The molecule has 1 N–H and O–H groups in total. The van der Waals surface area contributed by atoms with Gasteiger partial charge in [-0.25, -0.2) is 14.8 Å². The van der Waals surface area contributed by atoms with Gasteiger partial charge in [0.2, 0.25) is 11.8 Å². The van der Waals surface area contributed by atoms with Gasteiger partial charge >= 0.3 is 12.1 Å². The van der Waals surface area contributed by atoms with Crippen LogP contribution in [0.5, 0.6) is 11.6 Å². The van der Waals surface area contributed by atoms with Gasteiger partial charge in [0.1, 0.15) is 24.2 Å². The average molecular weight is 456 g/mol. The van der Waals surface area contributed by atoms with Crippen LogP contribution < -0.4 is 15.0 Å². The Kier molecular flexibility index (Phi) is 7.47. The van der Waals surface area contributed by atoms with E-state index in [1.54, 1.807) is 52.0 Å². The summed E-state index contributed by atoms with van der Waals surface area (Å²) in [4.78, 5) is 46.0. The molecule has 2 aromatic rings. The Hall–Kier alpha value is -3.69. The van der Waals surface area contributed by atoms with E-state index in [-0.39, 0.29) is 37.9 Å². The lowest BCUT2D eigenvalue weighted by Crippen LogP contribution is -2.39. The molecule has 33 heavy (non-hydrogen) atoms. The number of amides is 2. The highest BCUT2D eigenvalue weighted by molar-refractivity contribution is 6.00. The minimum atomic E-state index is -0.598. The Morgan fingerprint density at radius 3 is 2.70 bits per heavy atom. The van der Waals surface area contributed by atoms with Crippen LogP contribution in [0.15, 0.2) is 30.6 Å². The number of alkyl carbamates (subject to hydrolysis) is 1. The van der Waals surface area contributed by atoms with Gasteiger partial charge in [0.25, 0.3) is 0 Å². The number of rotatable bonds is 7. The molecule has 0 fully saturated rings. The fourth-order valence-corrected chi connectivity index (χ4v) is 3.28. The molecule has 0 aliphatic carbocycles. The second-order valence-corrected chi connectivity index (χ2v) is 8.34. The van der Waals surface area contributed by atoms with Crippen LogP contribution in [0.2, 0.25) is 0 Å². The van der Waals surface area contributed by atoms with E-state index in [1.165, 1.54) is 11.2 Å². The molecule has 1 aliphatic heterocycles. The van der Waals surface area contributed by atoms with Crippen molar-refractivity contribution >= 4 is 23.7 Å². The van der Waals surface area contributed by atoms with E-state index in [9.17, 15) is 14.4 Å². The van der Waals surface area contributed by atoms with E-state index in [2.05, 4.69) is 15.3 Å². The van der Waals surface area contributed by atoms with Crippen LogP contribution in [-0.2, 0) is 32.0 Å². The molecule has 0 unspecified atom stereocenters. The summed E-state index contributed by atoms with van der Waals surface area (Å²) < 4.78 is 16.2. The van der Waals surface area contributed by atoms with Gasteiger partial charge in [-0.05, 0) is 46.2 Å². The summed E-state index contributed by atoms with van der Waals surface area (Å²) in [5.74, 6) is 0.194. The highest BCUT2D eigenvalue weighted by Crippen LogP contribution is 2.36. The van der Waals surface area contributed by atoms with Crippen LogP contribution in [0, 0.1) is 0 Å². The summed E-state index contributed by atoms with van der Waals surface area (Å²) in [6.45, 7) is 7.30. The Morgan fingerprint density at radius 2 is 1.97 bits per heavy atom. The fraction of sp³-hybridized carbons (Fsp3) is 0.435. The molecule has 2 heterocycles. The number of benzene rings is 1. The van der Waals surface area contributed by atoms with Crippen LogP contribution in [-0.4, -0.2) is 46.7 Å². The van der Waals surface area contributed by atoms with Crippen molar-refractivity contribution in [1.29, 1.82) is 0 Å². The standard InChI is InChI=1S/C23H28N4O6/c1-5-31-21(29)13-27-17-7-6-8-18(16(17)9-10-20(27)28)32-19-11-15(25-14-26-19)12-24-22(30)33-23(2,3)4/h6-8,11,14H,5,9-10,12-13H2,1-4H3,(H,24,30). The highest BCUT2D eigenvalue weighted by Gasteiger charge is 2.28. The van der Waals surface area contributed by atoms with Gasteiger partial charge in [-0.2, -0.15) is 0 Å². The summed E-state index contributed by atoms with van der Waals surface area (Å²) >= 11 is 0. The number of fused-ring (bicyclic) bond motifs is 1. The molecule has 10 nitrogen and oxygen atoms in total. The average Bonchev–Trinajstić information content (AvgIpc) is 2.74. The number of nitrogens with zero attached hydrogens (tertiary/aromatic N) is 3. The smallest absolute Gasteiger partial charge is 0.407 e. The number of anilines is 1. The minimum absolute atomic E-state index is 0.141. The second-order valence-electron chi connectivity index (χ2n) is 8.34. The van der Waals surface area contributed by atoms with Gasteiger partial charge in [0.15, 0.2) is 0 Å². The fourth-order valence-electron chi connectivity index (χ4n) is 3.28. The van der Waals surface area contributed by atoms with Crippen molar-refractivity contribution in [3.63, 3.8) is 0 Å². The van der Waals surface area contributed by atoms with Gasteiger partial charge < -0.3 is 24.4 Å². The molecule has 10 heteroatoms. The van der Waals surface area contributed by atoms with Crippen LogP contribution in [0.1, 0.15) is 45.4 Å². The summed E-state index contributed by atoms with van der Waals surface area (Å²) in [5.41, 5.74) is 1.35. The maximum absolute atomic E-state index is 12.4. The molecule has 0 radical (unpaired) electrons. The lowest BCUT2D eigenvalue weighted by molar-refractivity contribution is -0.142. The maximum atomic E-state index is 12.4. The van der Waals surface area contributed by atoms with Crippen molar-refractivity contribution < 1.29 is 28.6 Å². The molecule has 3 rings (SSSR count). The molecule has 1 aliphatic rings. The van der Waals surface area contributed by atoms with E-state index >= 15 is 0 Å². The van der Waals surface area contributed by atoms with Gasteiger partial charge in [-0.15, -0.1) is 0 Å². The molecule has 1 aromatic heterocycles. The monoisotopic (exact) mass is 456 g/mol. The summed E-state index contributed by atoms with van der Waals surface area (Å²) in [6, 6.07) is 6.91. The topological polar surface area (TPSA) is 120 Å². The van der Waals surface area contributed by atoms with Crippen LogP contribution in [0.25, 0.3) is 0 Å². The van der Waals surface area contributed by atoms with Crippen molar-refractivity contribution in [3.8, 4) is 11.6 Å². The van der Waals surface area contributed by atoms with Crippen LogP contribution in [0.4, 0.5) is 10.5 Å². The van der Waals surface area contributed by atoms with Gasteiger partial charge in [-0.1, -0.05) is 6.07 Å². The van der Waals surface area contributed by atoms with Gasteiger partial charge in [-0.3, -0.25) is 9.59 Å². The number of carbonyl (C=O) groups excluding carboxylic acids is 3. The minimum Gasteiger partial charge on any atom is -0.465 e. The first-order chi connectivity index (χ1) is 15.7. The first kappa shape index (κ1) is 24.0. The summed E-state index contributed by atoms with van der Waals surface area (Å²) in [6.07, 6.45) is 1.52. The summed E-state index contributed by atoms with van der Waals surface area (Å²) in [7, 11) is 0. The molecule has 2 amide bonds. The zero-order valence-electron chi connectivity index (χ0n) is 19.2. The van der Waals surface area contributed by atoms with Crippen LogP contribution >= 0.6 is 0 Å². The van der Waals surface area contributed by atoms with Gasteiger partial charge in [0.05, 0.1) is 24.5 Å². The predicted molar refractivity (Wildman–Crippen MR) is 119 cm³/mol. The lowest BCUT2D eigenvalue weighted by Gasteiger charge is -2.29. The molecule has 0 atom stereocenters. The number of esters is 1. The molecule has 0 bridgehead atoms. The van der Waals surface area contributed by atoms with E-state index in [4.69, 9.17) is 14.2 Å². The van der Waals surface area contributed by atoms with Gasteiger partial charge in [0, 0.05) is 18.1 Å². The molecular weight excluding hydrogens is 428 g/mol. The number of hydrogen-bond acceptors (Lipinski definition) is 8. The molecule has 176 valence electrons. The predicted octanol–water partition coefficient (Wildman–Crippen LogP) is 3.14. The van der Waals surface area contributed by atoms with Crippen molar-refractivity contribution in [2.75, 3.05) is 18.1 Å². The van der Waals surface area contributed by atoms with Crippen molar-refractivity contribution in [2.45, 2.75) is 52.7 Å². The number of carbonyl (C=O) groups is 3. The third kappa shape index (κ3) is 6.64. The van der Waals surface area contributed by atoms with E-state index in [0.29, 0.717) is 23.6 Å².